The second-order valence-corrected chi connectivity index (χ2v) is 6.13. The van der Waals surface area contributed by atoms with Gasteiger partial charge in [-0.3, -0.25) is 14.3 Å². The first-order chi connectivity index (χ1) is 12.6. The normalized spacial score (nSPS) is 16.6. The van der Waals surface area contributed by atoms with Crippen molar-refractivity contribution < 1.29 is 19.1 Å². The number of rotatable bonds is 7. The Morgan fingerprint density at radius 1 is 1.35 bits per heavy atom. The molecule has 8 nitrogen and oxygen atoms in total. The lowest BCUT2D eigenvalue weighted by atomic mass is 10.1. The molecule has 0 spiro atoms. The van der Waals surface area contributed by atoms with Gasteiger partial charge in [-0.1, -0.05) is 12.1 Å². The van der Waals surface area contributed by atoms with E-state index in [1.807, 2.05) is 24.3 Å². The van der Waals surface area contributed by atoms with Crippen molar-refractivity contribution in [3.05, 3.63) is 36.7 Å². The van der Waals surface area contributed by atoms with Gasteiger partial charge in [-0.15, -0.1) is 0 Å². The summed E-state index contributed by atoms with van der Waals surface area (Å²) < 4.78 is 12.5. The molecule has 3 rings (SSSR count). The number of likely N-dealkylation sites (tertiary alicyclic amines) is 1. The van der Waals surface area contributed by atoms with Crippen LogP contribution in [-0.2, 0) is 16.6 Å². The fraction of sp³-hybridized carbons (Fsp3) is 0.389. The van der Waals surface area contributed by atoms with Gasteiger partial charge in [-0.25, -0.2) is 0 Å². The maximum atomic E-state index is 12.3. The quantitative estimate of drug-likeness (QED) is 0.806. The average molecular weight is 358 g/mol. The van der Waals surface area contributed by atoms with Gasteiger partial charge < -0.3 is 19.7 Å². The lowest BCUT2D eigenvalue weighted by molar-refractivity contribution is -0.128. The van der Waals surface area contributed by atoms with Gasteiger partial charge in [-0.2, -0.15) is 5.10 Å². The molecule has 0 radical (unpaired) electrons. The fourth-order valence-corrected chi connectivity index (χ4v) is 2.90. The fourth-order valence-electron chi connectivity index (χ4n) is 2.90. The number of para-hydroxylation sites is 2. The Labute approximate surface area is 151 Å². The third-order valence-corrected chi connectivity index (χ3v) is 4.25. The monoisotopic (exact) mass is 358 g/mol. The molecule has 1 atom stereocenters. The number of anilines is 1. The summed E-state index contributed by atoms with van der Waals surface area (Å²) in [5, 5.41) is 6.80. The number of carbonyl (C=O) groups excluding carboxylic acids is 2. The maximum Gasteiger partial charge on any atom is 0.229 e. The first-order valence-electron chi connectivity index (χ1n) is 8.40. The number of nitrogens with one attached hydrogen (secondary N) is 1. The van der Waals surface area contributed by atoms with Crippen LogP contribution in [0.25, 0.3) is 0 Å². The minimum absolute atomic E-state index is 0.0417. The van der Waals surface area contributed by atoms with Crippen molar-refractivity contribution in [1.29, 1.82) is 0 Å². The summed E-state index contributed by atoms with van der Waals surface area (Å²) in [6.07, 6.45) is 3.50. The number of nitrogens with zero attached hydrogens (tertiary/aromatic N) is 3. The van der Waals surface area contributed by atoms with Crippen LogP contribution in [0.3, 0.4) is 0 Å². The molecule has 1 N–H and O–H groups in total. The molecule has 1 aromatic heterocycles. The van der Waals surface area contributed by atoms with Gasteiger partial charge in [0.25, 0.3) is 0 Å². The van der Waals surface area contributed by atoms with Gasteiger partial charge in [0.2, 0.25) is 11.8 Å². The molecule has 2 heterocycles. The van der Waals surface area contributed by atoms with E-state index in [-0.39, 0.29) is 24.2 Å². The smallest absolute Gasteiger partial charge is 0.229 e. The van der Waals surface area contributed by atoms with Crippen molar-refractivity contribution in [2.75, 3.05) is 32.1 Å². The van der Waals surface area contributed by atoms with Crippen molar-refractivity contribution >= 4 is 17.5 Å². The molecule has 0 bridgehead atoms. The van der Waals surface area contributed by atoms with Crippen LogP contribution in [-0.4, -0.2) is 53.3 Å². The van der Waals surface area contributed by atoms with Crippen molar-refractivity contribution in [2.45, 2.75) is 6.42 Å². The topological polar surface area (TPSA) is 85.7 Å². The Kier molecular flexibility index (Phi) is 5.40. The second kappa shape index (κ2) is 7.90. The zero-order chi connectivity index (χ0) is 18.5. The Morgan fingerprint density at radius 3 is 2.81 bits per heavy atom. The summed E-state index contributed by atoms with van der Waals surface area (Å²) in [5.41, 5.74) is 0.628. The van der Waals surface area contributed by atoms with Crippen molar-refractivity contribution in [3.63, 3.8) is 0 Å². The van der Waals surface area contributed by atoms with Crippen molar-refractivity contribution in [2.24, 2.45) is 13.0 Å². The van der Waals surface area contributed by atoms with Crippen LogP contribution < -0.4 is 14.8 Å². The number of methoxy groups -OCH3 is 1. The number of amides is 2. The molecule has 0 saturated carbocycles. The molecule has 26 heavy (non-hydrogen) atoms. The predicted molar refractivity (Wildman–Crippen MR) is 95.0 cm³/mol. The van der Waals surface area contributed by atoms with Crippen molar-refractivity contribution in [1.82, 2.24) is 14.7 Å². The Bertz CT molecular complexity index is 789. The van der Waals surface area contributed by atoms with Gasteiger partial charge in [0.1, 0.15) is 6.61 Å². The summed E-state index contributed by atoms with van der Waals surface area (Å²) in [7, 11) is 3.36. The molecule has 1 aliphatic rings. The molecule has 138 valence electrons. The number of hydrogen-bond donors (Lipinski definition) is 1. The third kappa shape index (κ3) is 4.14. The zero-order valence-corrected chi connectivity index (χ0v) is 14.8. The van der Waals surface area contributed by atoms with Crippen LogP contribution in [0, 0.1) is 5.92 Å². The van der Waals surface area contributed by atoms with Gasteiger partial charge >= 0.3 is 0 Å². The number of hydrogen-bond acceptors (Lipinski definition) is 5. The van der Waals surface area contributed by atoms with E-state index in [9.17, 15) is 9.59 Å². The molecule has 2 amide bonds. The van der Waals surface area contributed by atoms with Crippen LogP contribution in [0.5, 0.6) is 11.5 Å². The summed E-state index contributed by atoms with van der Waals surface area (Å²) in [6, 6.07) is 7.35. The summed E-state index contributed by atoms with van der Waals surface area (Å²) in [4.78, 5) is 26.1. The molecule has 1 aromatic carbocycles. The van der Waals surface area contributed by atoms with Crippen LogP contribution in [0.2, 0.25) is 0 Å². The minimum Gasteiger partial charge on any atom is -0.493 e. The summed E-state index contributed by atoms with van der Waals surface area (Å²) in [6.45, 7) is 1.15. The molecule has 1 fully saturated rings. The Balaban J connectivity index is 1.49. The Hall–Kier alpha value is -3.03. The largest absolute Gasteiger partial charge is 0.493 e. The molecule has 0 unspecified atom stereocenters. The zero-order valence-electron chi connectivity index (χ0n) is 14.8. The highest BCUT2D eigenvalue weighted by Crippen LogP contribution is 2.26. The molecule has 2 aromatic rings. The average Bonchev–Trinajstić information content (AvgIpc) is 3.21. The Morgan fingerprint density at radius 2 is 2.12 bits per heavy atom. The highest BCUT2D eigenvalue weighted by molar-refractivity contribution is 5.97. The lowest BCUT2D eigenvalue weighted by Crippen LogP contribution is -2.31. The van der Waals surface area contributed by atoms with Gasteiger partial charge in [0.15, 0.2) is 11.5 Å². The van der Waals surface area contributed by atoms with E-state index in [0.717, 1.165) is 0 Å². The van der Waals surface area contributed by atoms with E-state index < -0.39 is 0 Å². The number of benzene rings is 1. The van der Waals surface area contributed by atoms with Crippen LogP contribution in [0.15, 0.2) is 36.7 Å². The SMILES string of the molecule is COc1ccccc1OCCN1C[C@H](C(=O)Nc2cnn(C)c2)CC1=O. The van der Waals surface area contributed by atoms with E-state index in [4.69, 9.17) is 9.47 Å². The van der Waals surface area contributed by atoms with E-state index in [1.165, 1.54) is 0 Å². The van der Waals surface area contributed by atoms with Gasteiger partial charge in [-0.05, 0) is 12.1 Å². The third-order valence-electron chi connectivity index (χ3n) is 4.25. The highest BCUT2D eigenvalue weighted by Gasteiger charge is 2.34. The number of aryl methyl sites for hydroxylation is 1. The van der Waals surface area contributed by atoms with Crippen LogP contribution in [0.1, 0.15) is 6.42 Å². The van der Waals surface area contributed by atoms with Gasteiger partial charge in [0, 0.05) is 26.2 Å². The highest BCUT2D eigenvalue weighted by atomic mass is 16.5. The molecule has 1 saturated heterocycles. The predicted octanol–water partition coefficient (Wildman–Crippen LogP) is 1.29. The molecular weight excluding hydrogens is 336 g/mol. The molecule has 1 aliphatic heterocycles. The first-order valence-corrected chi connectivity index (χ1v) is 8.40. The van der Waals surface area contributed by atoms with E-state index in [0.29, 0.717) is 36.9 Å². The first kappa shape index (κ1) is 17.8. The number of aromatic nitrogens is 2. The van der Waals surface area contributed by atoms with E-state index >= 15 is 0 Å². The van der Waals surface area contributed by atoms with Gasteiger partial charge in [0.05, 0.1) is 31.5 Å². The van der Waals surface area contributed by atoms with Crippen LogP contribution >= 0.6 is 0 Å². The lowest BCUT2D eigenvalue weighted by Gasteiger charge is -2.17. The van der Waals surface area contributed by atoms with Crippen LogP contribution in [0.4, 0.5) is 5.69 Å². The summed E-state index contributed by atoms with van der Waals surface area (Å²) in [5.74, 6) is 0.704. The molecule has 0 aliphatic carbocycles. The maximum absolute atomic E-state index is 12.3. The molecule has 8 heteroatoms. The summed E-state index contributed by atoms with van der Waals surface area (Å²) >= 11 is 0. The number of ether oxygens (including phenoxy) is 2. The second-order valence-electron chi connectivity index (χ2n) is 6.13. The van der Waals surface area contributed by atoms with E-state index in [2.05, 4.69) is 10.4 Å². The molecular formula is C18H22N4O4. The number of carbonyl (C=O) groups is 2. The standard InChI is InChI=1S/C18H22N4O4/c1-21-12-14(10-19-21)20-18(24)13-9-17(23)22(11-13)7-8-26-16-6-4-3-5-15(16)25-2/h3-6,10,12-13H,7-9,11H2,1-2H3,(H,20,24)/t13-/m1/s1. The van der Waals surface area contributed by atoms with E-state index in [1.54, 1.807) is 36.1 Å². The minimum atomic E-state index is -0.367. The van der Waals surface area contributed by atoms with Crippen molar-refractivity contribution in [3.8, 4) is 11.5 Å².